The van der Waals surface area contributed by atoms with E-state index in [-0.39, 0.29) is 18.0 Å². The van der Waals surface area contributed by atoms with Gasteiger partial charge in [0.25, 0.3) is 0 Å². The summed E-state index contributed by atoms with van der Waals surface area (Å²) in [7, 11) is 3.38. The highest BCUT2D eigenvalue weighted by Gasteiger charge is 2.20. The maximum atomic E-state index is 13.9. The van der Waals surface area contributed by atoms with Crippen LogP contribution in [0.1, 0.15) is 31.9 Å². The number of anilines is 1. The van der Waals surface area contributed by atoms with E-state index >= 15 is 0 Å². The second-order valence-electron chi connectivity index (χ2n) is 5.06. The van der Waals surface area contributed by atoms with Crippen LogP contribution >= 0.6 is 0 Å². The van der Waals surface area contributed by atoms with Crippen LogP contribution in [0.15, 0.2) is 18.2 Å². The highest BCUT2D eigenvalue weighted by molar-refractivity contribution is 5.81. The number of rotatable bonds is 6. The fraction of sp³-hybridized carbons (Fsp3) is 0.533. The molecule has 1 aromatic carbocycles. The van der Waals surface area contributed by atoms with Crippen molar-refractivity contribution in [3.63, 3.8) is 0 Å². The first kappa shape index (κ1) is 16.4. The number of likely N-dealkylation sites (N-methyl/N-ethyl adjacent to an activating group) is 1. The van der Waals surface area contributed by atoms with Crippen molar-refractivity contribution in [2.45, 2.75) is 26.4 Å². The minimum atomic E-state index is -0.917. The van der Waals surface area contributed by atoms with Gasteiger partial charge in [-0.1, -0.05) is 13.0 Å². The molecule has 0 aliphatic rings. The van der Waals surface area contributed by atoms with Crippen molar-refractivity contribution in [3.05, 3.63) is 29.6 Å². The van der Waals surface area contributed by atoms with E-state index in [0.717, 1.165) is 6.42 Å². The zero-order valence-electron chi connectivity index (χ0n) is 12.6. The van der Waals surface area contributed by atoms with Crippen LogP contribution in [0.3, 0.4) is 0 Å². The predicted octanol–water partition coefficient (Wildman–Crippen LogP) is 2.18. The van der Waals surface area contributed by atoms with E-state index < -0.39 is 11.9 Å². The Morgan fingerprint density at radius 2 is 2.05 bits per heavy atom. The number of aliphatic hydroxyl groups excluding tert-OH is 1. The zero-order valence-corrected chi connectivity index (χ0v) is 12.6. The van der Waals surface area contributed by atoms with E-state index in [1.807, 2.05) is 11.8 Å². The first-order chi connectivity index (χ1) is 9.38. The van der Waals surface area contributed by atoms with Crippen LogP contribution in [0.25, 0.3) is 0 Å². The Hall–Kier alpha value is -1.62. The van der Waals surface area contributed by atoms with E-state index in [1.54, 1.807) is 26.2 Å². The molecule has 0 saturated carbocycles. The monoisotopic (exact) mass is 282 g/mol. The molecule has 4 nitrogen and oxygen atoms in total. The normalized spacial score (nSPS) is 12.1. The van der Waals surface area contributed by atoms with Gasteiger partial charge < -0.3 is 14.9 Å². The first-order valence-electron chi connectivity index (χ1n) is 6.80. The Morgan fingerprint density at radius 1 is 1.40 bits per heavy atom. The summed E-state index contributed by atoms with van der Waals surface area (Å²) in [4.78, 5) is 15.2. The van der Waals surface area contributed by atoms with E-state index in [0.29, 0.717) is 12.2 Å². The fourth-order valence-electron chi connectivity index (χ4n) is 2.07. The van der Waals surface area contributed by atoms with Gasteiger partial charge in [0.2, 0.25) is 5.91 Å². The van der Waals surface area contributed by atoms with Gasteiger partial charge in [-0.05, 0) is 25.5 Å². The number of benzene rings is 1. The summed E-state index contributed by atoms with van der Waals surface area (Å²) in [6.45, 7) is 4.32. The molecule has 1 unspecified atom stereocenters. The number of hydrogen-bond acceptors (Lipinski definition) is 3. The Kier molecular flexibility index (Phi) is 5.95. The lowest BCUT2D eigenvalue weighted by Gasteiger charge is -2.28. The molecule has 0 aliphatic carbocycles. The molecule has 0 aromatic heterocycles. The number of halogens is 1. The highest BCUT2D eigenvalue weighted by Crippen LogP contribution is 2.29. The number of nitrogens with zero attached hydrogens (tertiary/aromatic N) is 2. The average Bonchev–Trinajstić information content (AvgIpc) is 2.37. The number of amides is 1. The minimum Gasteiger partial charge on any atom is -0.389 e. The number of hydrogen-bond donors (Lipinski definition) is 1. The van der Waals surface area contributed by atoms with Gasteiger partial charge in [-0.2, -0.15) is 0 Å². The molecule has 0 radical (unpaired) electrons. The summed E-state index contributed by atoms with van der Waals surface area (Å²) in [5.41, 5.74) is 0.824. The summed E-state index contributed by atoms with van der Waals surface area (Å²) in [6.07, 6.45) is -0.0868. The number of aliphatic hydroxyl groups is 1. The topological polar surface area (TPSA) is 43.8 Å². The molecule has 5 heteroatoms. The van der Waals surface area contributed by atoms with Crippen LogP contribution in [0.2, 0.25) is 0 Å². The lowest BCUT2D eigenvalue weighted by molar-refractivity contribution is -0.127. The average molecular weight is 282 g/mol. The third-order valence-corrected chi connectivity index (χ3v) is 3.11. The van der Waals surface area contributed by atoms with E-state index in [9.17, 15) is 14.3 Å². The van der Waals surface area contributed by atoms with Gasteiger partial charge in [0.05, 0.1) is 12.6 Å². The standard InChI is InChI=1S/C15H23FN2O2/c1-5-9-18(10-14(20)17(3)4)13-8-6-7-12(16)15(13)11(2)19/h6-8,11,19H,5,9-10H2,1-4H3. The molecular weight excluding hydrogens is 259 g/mol. The molecular formula is C15H23FN2O2. The second kappa shape index (κ2) is 7.24. The quantitative estimate of drug-likeness (QED) is 0.870. The molecule has 1 atom stereocenters. The smallest absolute Gasteiger partial charge is 0.241 e. The van der Waals surface area contributed by atoms with Gasteiger partial charge in [0.1, 0.15) is 5.82 Å². The van der Waals surface area contributed by atoms with E-state index in [4.69, 9.17) is 0 Å². The number of carbonyl (C=O) groups is 1. The molecule has 112 valence electrons. The van der Waals surface area contributed by atoms with Crippen molar-refractivity contribution in [2.75, 3.05) is 32.1 Å². The van der Waals surface area contributed by atoms with Crippen LogP contribution in [0, 0.1) is 5.82 Å². The Morgan fingerprint density at radius 3 is 2.55 bits per heavy atom. The van der Waals surface area contributed by atoms with Gasteiger partial charge in [0, 0.05) is 31.9 Å². The van der Waals surface area contributed by atoms with Crippen molar-refractivity contribution in [1.82, 2.24) is 4.90 Å². The highest BCUT2D eigenvalue weighted by atomic mass is 19.1. The molecule has 1 aromatic rings. The lowest BCUT2D eigenvalue weighted by atomic mass is 10.1. The molecule has 1 N–H and O–H groups in total. The molecule has 20 heavy (non-hydrogen) atoms. The summed E-state index contributed by atoms with van der Waals surface area (Å²) in [5.74, 6) is -0.504. The molecule has 0 fully saturated rings. The first-order valence-corrected chi connectivity index (χ1v) is 6.80. The van der Waals surface area contributed by atoms with Crippen molar-refractivity contribution in [1.29, 1.82) is 0 Å². The van der Waals surface area contributed by atoms with Crippen LogP contribution in [0.5, 0.6) is 0 Å². The second-order valence-corrected chi connectivity index (χ2v) is 5.06. The minimum absolute atomic E-state index is 0.0562. The molecule has 0 bridgehead atoms. The molecule has 1 amide bonds. The third kappa shape index (κ3) is 3.93. The molecule has 0 aliphatic heterocycles. The Bertz CT molecular complexity index is 461. The van der Waals surface area contributed by atoms with Crippen molar-refractivity contribution in [2.24, 2.45) is 0 Å². The van der Waals surface area contributed by atoms with Crippen LogP contribution in [-0.2, 0) is 4.79 Å². The number of carbonyl (C=O) groups excluding carboxylic acids is 1. The predicted molar refractivity (Wildman–Crippen MR) is 78.2 cm³/mol. The van der Waals surface area contributed by atoms with E-state index in [2.05, 4.69) is 0 Å². The largest absolute Gasteiger partial charge is 0.389 e. The SMILES string of the molecule is CCCN(CC(=O)N(C)C)c1cccc(F)c1C(C)O. The maximum Gasteiger partial charge on any atom is 0.241 e. The molecule has 0 spiro atoms. The molecule has 0 saturated heterocycles. The van der Waals surface area contributed by atoms with Gasteiger partial charge in [-0.25, -0.2) is 4.39 Å². The lowest BCUT2D eigenvalue weighted by Crippen LogP contribution is -2.37. The summed E-state index contributed by atoms with van der Waals surface area (Å²) >= 11 is 0. The van der Waals surface area contributed by atoms with Crippen LogP contribution in [0.4, 0.5) is 10.1 Å². The summed E-state index contributed by atoms with van der Waals surface area (Å²) in [5, 5.41) is 9.78. The van der Waals surface area contributed by atoms with Gasteiger partial charge in [-0.3, -0.25) is 4.79 Å². The van der Waals surface area contributed by atoms with Crippen molar-refractivity contribution < 1.29 is 14.3 Å². The molecule has 1 rings (SSSR count). The molecule has 0 heterocycles. The van der Waals surface area contributed by atoms with Gasteiger partial charge >= 0.3 is 0 Å². The van der Waals surface area contributed by atoms with Gasteiger partial charge in [-0.15, -0.1) is 0 Å². The van der Waals surface area contributed by atoms with Crippen molar-refractivity contribution >= 4 is 11.6 Å². The summed E-state index contributed by atoms with van der Waals surface area (Å²) < 4.78 is 13.9. The van der Waals surface area contributed by atoms with E-state index in [1.165, 1.54) is 17.9 Å². The summed E-state index contributed by atoms with van der Waals surface area (Å²) in [6, 6.07) is 4.66. The van der Waals surface area contributed by atoms with Crippen LogP contribution in [-0.4, -0.2) is 43.1 Å². The Balaban J connectivity index is 3.14. The fourth-order valence-corrected chi connectivity index (χ4v) is 2.07. The van der Waals surface area contributed by atoms with Gasteiger partial charge in [0.15, 0.2) is 0 Å². The van der Waals surface area contributed by atoms with Crippen LogP contribution < -0.4 is 4.90 Å². The maximum absolute atomic E-state index is 13.9. The third-order valence-electron chi connectivity index (χ3n) is 3.11. The Labute approximate surface area is 119 Å². The zero-order chi connectivity index (χ0) is 15.3. The van der Waals surface area contributed by atoms with Crippen molar-refractivity contribution in [3.8, 4) is 0 Å².